The molecule has 2 atom stereocenters. The second-order valence-corrected chi connectivity index (χ2v) is 7.36. The van der Waals surface area contributed by atoms with Gasteiger partial charge in [0, 0.05) is 0 Å². The molecule has 2 rings (SSSR count). The van der Waals surface area contributed by atoms with Gasteiger partial charge in [-0.25, -0.2) is 0 Å². The van der Waals surface area contributed by atoms with E-state index in [1.807, 2.05) is 0 Å². The van der Waals surface area contributed by atoms with Gasteiger partial charge in [0.15, 0.2) is 0 Å². The van der Waals surface area contributed by atoms with E-state index < -0.39 is 0 Å². The third-order valence-corrected chi connectivity index (χ3v) is 4.60. The Bertz CT molecular complexity index is 198. The highest BCUT2D eigenvalue weighted by Gasteiger charge is 2.40. The van der Waals surface area contributed by atoms with Crippen molar-refractivity contribution in [2.24, 2.45) is 29.1 Å². The number of fused-ring (bicyclic) bond motifs is 2. The van der Waals surface area contributed by atoms with Crippen molar-refractivity contribution < 1.29 is 0 Å². The van der Waals surface area contributed by atoms with Crippen molar-refractivity contribution in [2.45, 2.75) is 66.2 Å². The summed E-state index contributed by atoms with van der Waals surface area (Å²) in [6.07, 6.45) is 9.08. The maximum absolute atomic E-state index is 2.56. The fourth-order valence-corrected chi connectivity index (χ4v) is 4.86. The van der Waals surface area contributed by atoms with Crippen molar-refractivity contribution in [3.8, 4) is 0 Å². The second kappa shape index (κ2) is 4.11. The smallest absolute Gasteiger partial charge is 0.0318 e. The SMILES string of the molecule is CC(C)CC1(C)CC2CC(C)CC(C2)C1. The minimum Gasteiger partial charge on any atom is -0.0628 e. The van der Waals surface area contributed by atoms with Crippen LogP contribution in [-0.2, 0) is 0 Å². The van der Waals surface area contributed by atoms with Gasteiger partial charge in [0.25, 0.3) is 0 Å². The topological polar surface area (TPSA) is 0 Å². The van der Waals surface area contributed by atoms with Crippen LogP contribution < -0.4 is 0 Å². The molecule has 0 nitrogen and oxygen atoms in total. The first-order valence-electron chi connectivity index (χ1n) is 6.97. The Morgan fingerprint density at radius 1 is 1.07 bits per heavy atom. The third-order valence-electron chi connectivity index (χ3n) is 4.60. The van der Waals surface area contributed by atoms with Crippen molar-refractivity contribution in [3.05, 3.63) is 0 Å². The molecular weight excluding hydrogens is 180 g/mol. The molecule has 0 aliphatic heterocycles. The summed E-state index contributed by atoms with van der Waals surface area (Å²) < 4.78 is 0. The average molecular weight is 208 g/mol. The lowest BCUT2D eigenvalue weighted by Crippen LogP contribution is -2.36. The molecule has 2 aliphatic rings. The Morgan fingerprint density at radius 2 is 1.60 bits per heavy atom. The maximum atomic E-state index is 2.56. The van der Waals surface area contributed by atoms with E-state index in [1.165, 1.54) is 32.1 Å². The van der Waals surface area contributed by atoms with Gasteiger partial charge in [-0.2, -0.15) is 0 Å². The highest BCUT2D eigenvalue weighted by atomic mass is 14.5. The van der Waals surface area contributed by atoms with Gasteiger partial charge in [-0.1, -0.05) is 27.7 Å². The maximum Gasteiger partial charge on any atom is -0.0318 e. The van der Waals surface area contributed by atoms with Crippen molar-refractivity contribution in [3.63, 3.8) is 0 Å². The number of hydrogen-bond acceptors (Lipinski definition) is 0. The van der Waals surface area contributed by atoms with E-state index in [0.717, 1.165) is 23.7 Å². The zero-order valence-corrected chi connectivity index (χ0v) is 11.1. The molecule has 0 spiro atoms. The summed E-state index contributed by atoms with van der Waals surface area (Å²) in [6, 6.07) is 0. The van der Waals surface area contributed by atoms with Gasteiger partial charge in [0.2, 0.25) is 0 Å². The first kappa shape index (κ1) is 11.5. The molecule has 2 aliphatic carbocycles. The lowest BCUT2D eigenvalue weighted by molar-refractivity contribution is 0.0332. The number of rotatable bonds is 2. The molecule has 0 aromatic rings. The molecule has 15 heavy (non-hydrogen) atoms. The van der Waals surface area contributed by atoms with E-state index >= 15 is 0 Å². The van der Waals surface area contributed by atoms with Crippen LogP contribution in [0, 0.1) is 29.1 Å². The Balaban J connectivity index is 2.01. The summed E-state index contributed by atoms with van der Waals surface area (Å²) in [5.74, 6) is 4.02. The molecule has 0 saturated heterocycles. The molecular formula is C15H28. The van der Waals surface area contributed by atoms with Gasteiger partial charge >= 0.3 is 0 Å². The zero-order chi connectivity index (χ0) is 11.1. The molecule has 2 unspecified atom stereocenters. The summed E-state index contributed by atoms with van der Waals surface area (Å²) in [4.78, 5) is 0. The summed E-state index contributed by atoms with van der Waals surface area (Å²) in [5.41, 5.74) is 0.682. The summed E-state index contributed by atoms with van der Waals surface area (Å²) in [7, 11) is 0. The second-order valence-electron chi connectivity index (χ2n) is 7.36. The molecule has 2 bridgehead atoms. The van der Waals surface area contributed by atoms with Gasteiger partial charge in [-0.15, -0.1) is 0 Å². The Morgan fingerprint density at radius 3 is 2.07 bits per heavy atom. The molecule has 2 saturated carbocycles. The predicted octanol–water partition coefficient (Wildman–Crippen LogP) is 4.89. The fourth-order valence-electron chi connectivity index (χ4n) is 4.86. The van der Waals surface area contributed by atoms with Crippen LogP contribution in [0.3, 0.4) is 0 Å². The van der Waals surface area contributed by atoms with E-state index in [9.17, 15) is 0 Å². The first-order valence-corrected chi connectivity index (χ1v) is 6.97. The van der Waals surface area contributed by atoms with Gasteiger partial charge in [-0.3, -0.25) is 0 Å². The van der Waals surface area contributed by atoms with Crippen LogP contribution in [0.15, 0.2) is 0 Å². The standard InChI is InChI=1S/C15H28/c1-11(2)8-15(4)9-13-5-12(3)6-14(7-13)10-15/h11-14H,5-10H2,1-4H3. The van der Waals surface area contributed by atoms with Crippen molar-refractivity contribution in [1.82, 2.24) is 0 Å². The molecule has 0 aromatic carbocycles. The predicted molar refractivity (Wildman–Crippen MR) is 66.8 cm³/mol. The van der Waals surface area contributed by atoms with Crippen LogP contribution in [0.25, 0.3) is 0 Å². The third kappa shape index (κ3) is 2.77. The van der Waals surface area contributed by atoms with Crippen LogP contribution in [0.5, 0.6) is 0 Å². The Kier molecular flexibility index (Phi) is 3.14. The first-order chi connectivity index (χ1) is 6.97. The molecule has 0 radical (unpaired) electrons. The molecule has 0 heterocycles. The molecule has 0 amide bonds. The van der Waals surface area contributed by atoms with Crippen LogP contribution in [0.1, 0.15) is 66.2 Å². The van der Waals surface area contributed by atoms with Crippen molar-refractivity contribution in [1.29, 1.82) is 0 Å². The Labute approximate surface area is 95.8 Å². The quantitative estimate of drug-likeness (QED) is 0.606. The zero-order valence-electron chi connectivity index (χ0n) is 11.1. The largest absolute Gasteiger partial charge is 0.0628 e. The lowest BCUT2D eigenvalue weighted by Gasteiger charge is -2.48. The van der Waals surface area contributed by atoms with Crippen molar-refractivity contribution >= 4 is 0 Å². The summed E-state index contributed by atoms with van der Waals surface area (Å²) in [5, 5.41) is 0. The minimum absolute atomic E-state index is 0.682. The molecule has 88 valence electrons. The summed E-state index contributed by atoms with van der Waals surface area (Å²) in [6.45, 7) is 9.79. The summed E-state index contributed by atoms with van der Waals surface area (Å²) >= 11 is 0. The van der Waals surface area contributed by atoms with Gasteiger partial charge < -0.3 is 0 Å². The van der Waals surface area contributed by atoms with Crippen LogP contribution in [0.2, 0.25) is 0 Å². The molecule has 0 aromatic heterocycles. The van der Waals surface area contributed by atoms with E-state index in [2.05, 4.69) is 27.7 Å². The van der Waals surface area contributed by atoms with Crippen LogP contribution in [0.4, 0.5) is 0 Å². The highest BCUT2D eigenvalue weighted by Crippen LogP contribution is 2.52. The van der Waals surface area contributed by atoms with Crippen LogP contribution in [-0.4, -0.2) is 0 Å². The molecule has 0 heteroatoms. The fraction of sp³-hybridized carbons (Fsp3) is 1.00. The van der Waals surface area contributed by atoms with Crippen LogP contribution >= 0.6 is 0 Å². The van der Waals surface area contributed by atoms with E-state index in [1.54, 1.807) is 6.42 Å². The van der Waals surface area contributed by atoms with Gasteiger partial charge in [-0.05, 0) is 67.6 Å². The van der Waals surface area contributed by atoms with E-state index in [4.69, 9.17) is 0 Å². The molecule has 0 N–H and O–H groups in total. The van der Waals surface area contributed by atoms with E-state index in [0.29, 0.717) is 5.41 Å². The minimum atomic E-state index is 0.682. The normalized spacial score (nSPS) is 45.8. The average Bonchev–Trinajstić information content (AvgIpc) is 1.96. The van der Waals surface area contributed by atoms with E-state index in [-0.39, 0.29) is 0 Å². The monoisotopic (exact) mass is 208 g/mol. The highest BCUT2D eigenvalue weighted by molar-refractivity contribution is 4.91. The lowest BCUT2D eigenvalue weighted by atomic mass is 9.58. The van der Waals surface area contributed by atoms with Crippen molar-refractivity contribution in [2.75, 3.05) is 0 Å². The molecule has 2 fully saturated rings. The van der Waals surface area contributed by atoms with Gasteiger partial charge in [0.1, 0.15) is 0 Å². The number of hydrogen-bond donors (Lipinski definition) is 0. The Hall–Kier alpha value is 0. The van der Waals surface area contributed by atoms with Gasteiger partial charge in [0.05, 0.1) is 0 Å².